The third-order valence-electron chi connectivity index (χ3n) is 3.86. The van der Waals surface area contributed by atoms with Crippen molar-refractivity contribution in [1.29, 1.82) is 0 Å². The van der Waals surface area contributed by atoms with Gasteiger partial charge in [0.2, 0.25) is 0 Å². The summed E-state index contributed by atoms with van der Waals surface area (Å²) in [5.41, 5.74) is 5.74. The van der Waals surface area contributed by atoms with Crippen LogP contribution in [0.5, 0.6) is 0 Å². The van der Waals surface area contributed by atoms with Gasteiger partial charge in [-0.2, -0.15) is 5.10 Å². The van der Waals surface area contributed by atoms with Crippen molar-refractivity contribution in [3.8, 4) is 0 Å². The lowest BCUT2D eigenvalue weighted by Crippen LogP contribution is -2.30. The molecule has 0 spiro atoms. The first-order valence-corrected chi connectivity index (χ1v) is 7.07. The zero-order chi connectivity index (χ0) is 13.0. The molecule has 1 heterocycles. The molecule has 4 nitrogen and oxygen atoms in total. The van der Waals surface area contributed by atoms with Gasteiger partial charge in [-0.05, 0) is 38.8 Å². The molecule has 1 aliphatic carbocycles. The molecular formula is C14H25N3O. The Morgan fingerprint density at radius 2 is 2.17 bits per heavy atom. The van der Waals surface area contributed by atoms with E-state index >= 15 is 0 Å². The van der Waals surface area contributed by atoms with Crippen molar-refractivity contribution < 1.29 is 5.11 Å². The van der Waals surface area contributed by atoms with Crippen molar-refractivity contribution >= 4 is 0 Å². The number of hydrogen-bond acceptors (Lipinski definition) is 3. The van der Waals surface area contributed by atoms with Gasteiger partial charge in [0.05, 0.1) is 17.3 Å². The standard InChI is InChI=1S/C14H25N3O/c1-14(18,8-9-15)11-12-7-10-17(16-12)13-5-3-2-4-6-13/h7,10,13,18H,2-6,8-9,11,15H2,1H3. The molecule has 102 valence electrons. The second-order valence-electron chi connectivity index (χ2n) is 5.79. The Hall–Kier alpha value is -0.870. The van der Waals surface area contributed by atoms with Crippen LogP contribution in [-0.4, -0.2) is 27.0 Å². The van der Waals surface area contributed by atoms with Gasteiger partial charge in [0.1, 0.15) is 0 Å². The van der Waals surface area contributed by atoms with E-state index in [9.17, 15) is 5.11 Å². The highest BCUT2D eigenvalue weighted by molar-refractivity contribution is 5.04. The van der Waals surface area contributed by atoms with E-state index in [1.54, 1.807) is 0 Å². The van der Waals surface area contributed by atoms with Crippen LogP contribution in [-0.2, 0) is 6.42 Å². The molecule has 1 aliphatic rings. The molecule has 0 radical (unpaired) electrons. The molecule has 2 rings (SSSR count). The molecule has 0 amide bonds. The summed E-state index contributed by atoms with van der Waals surface area (Å²) in [5, 5.41) is 14.8. The lowest BCUT2D eigenvalue weighted by molar-refractivity contribution is 0.0526. The highest BCUT2D eigenvalue weighted by Gasteiger charge is 2.22. The topological polar surface area (TPSA) is 64.1 Å². The first kappa shape index (κ1) is 13.6. The number of nitrogens with zero attached hydrogens (tertiary/aromatic N) is 2. The number of nitrogens with two attached hydrogens (primary N) is 1. The Kier molecular flexibility index (Phi) is 4.40. The predicted octanol–water partition coefficient (Wildman–Crippen LogP) is 2.03. The van der Waals surface area contributed by atoms with Crippen LogP contribution in [0.4, 0.5) is 0 Å². The Balaban J connectivity index is 1.97. The van der Waals surface area contributed by atoms with Crippen LogP contribution >= 0.6 is 0 Å². The molecule has 0 aliphatic heterocycles. The van der Waals surface area contributed by atoms with Gasteiger partial charge in [-0.15, -0.1) is 0 Å². The summed E-state index contributed by atoms with van der Waals surface area (Å²) in [4.78, 5) is 0. The summed E-state index contributed by atoms with van der Waals surface area (Å²) in [6.07, 6.45) is 9.71. The number of aliphatic hydroxyl groups is 1. The average molecular weight is 251 g/mol. The first-order chi connectivity index (χ1) is 8.61. The minimum absolute atomic E-state index is 0.510. The van der Waals surface area contributed by atoms with Gasteiger partial charge < -0.3 is 10.8 Å². The molecule has 3 N–H and O–H groups in total. The molecule has 1 atom stereocenters. The number of hydrogen-bond donors (Lipinski definition) is 2. The molecule has 1 unspecified atom stereocenters. The Morgan fingerprint density at radius 3 is 2.83 bits per heavy atom. The summed E-state index contributed by atoms with van der Waals surface area (Å²) in [6.45, 7) is 2.34. The van der Waals surface area contributed by atoms with Gasteiger partial charge in [0.25, 0.3) is 0 Å². The van der Waals surface area contributed by atoms with Crippen LogP contribution in [0.25, 0.3) is 0 Å². The molecule has 0 saturated heterocycles. The average Bonchev–Trinajstić information content (AvgIpc) is 2.77. The third-order valence-corrected chi connectivity index (χ3v) is 3.86. The Morgan fingerprint density at radius 1 is 1.44 bits per heavy atom. The highest BCUT2D eigenvalue weighted by atomic mass is 16.3. The predicted molar refractivity (Wildman–Crippen MR) is 72.3 cm³/mol. The molecule has 18 heavy (non-hydrogen) atoms. The van der Waals surface area contributed by atoms with E-state index < -0.39 is 5.60 Å². The smallest absolute Gasteiger partial charge is 0.0687 e. The maximum absolute atomic E-state index is 10.2. The van der Waals surface area contributed by atoms with Crippen LogP contribution in [0.2, 0.25) is 0 Å². The summed E-state index contributed by atoms with van der Waals surface area (Å²) < 4.78 is 2.09. The second-order valence-corrected chi connectivity index (χ2v) is 5.79. The van der Waals surface area contributed by atoms with Crippen LogP contribution < -0.4 is 5.73 Å². The molecule has 0 bridgehead atoms. The summed E-state index contributed by atoms with van der Waals surface area (Å²) >= 11 is 0. The number of aromatic nitrogens is 2. The van der Waals surface area contributed by atoms with Crippen molar-refractivity contribution in [2.24, 2.45) is 5.73 Å². The maximum Gasteiger partial charge on any atom is 0.0687 e. The summed E-state index contributed by atoms with van der Waals surface area (Å²) in [5.74, 6) is 0. The van der Waals surface area contributed by atoms with Crippen LogP contribution in [0, 0.1) is 0 Å². The maximum atomic E-state index is 10.2. The van der Waals surface area contributed by atoms with Gasteiger partial charge in [-0.25, -0.2) is 0 Å². The van der Waals surface area contributed by atoms with Gasteiger partial charge in [-0.3, -0.25) is 4.68 Å². The fourth-order valence-corrected chi connectivity index (χ4v) is 2.81. The minimum Gasteiger partial charge on any atom is -0.390 e. The molecule has 1 aromatic heterocycles. The van der Waals surface area contributed by atoms with Gasteiger partial charge in [-0.1, -0.05) is 19.3 Å². The fraction of sp³-hybridized carbons (Fsp3) is 0.786. The van der Waals surface area contributed by atoms with E-state index in [1.165, 1.54) is 32.1 Å². The van der Waals surface area contributed by atoms with E-state index in [1.807, 2.05) is 13.0 Å². The number of rotatable bonds is 5. The molecule has 1 saturated carbocycles. The van der Waals surface area contributed by atoms with Crippen LogP contribution in [0.3, 0.4) is 0 Å². The SMILES string of the molecule is CC(O)(CCN)Cc1ccn(C2CCCCC2)n1. The normalized spacial score (nSPS) is 20.8. The van der Waals surface area contributed by atoms with Crippen molar-refractivity contribution in [2.75, 3.05) is 6.54 Å². The zero-order valence-electron chi connectivity index (χ0n) is 11.3. The van der Waals surface area contributed by atoms with Crippen LogP contribution in [0.15, 0.2) is 12.3 Å². The molecular weight excluding hydrogens is 226 g/mol. The fourth-order valence-electron chi connectivity index (χ4n) is 2.81. The minimum atomic E-state index is -0.736. The van der Waals surface area contributed by atoms with Crippen molar-refractivity contribution in [3.05, 3.63) is 18.0 Å². The van der Waals surface area contributed by atoms with Gasteiger partial charge in [0.15, 0.2) is 0 Å². The highest BCUT2D eigenvalue weighted by Crippen LogP contribution is 2.27. The van der Waals surface area contributed by atoms with Crippen molar-refractivity contribution in [1.82, 2.24) is 9.78 Å². The van der Waals surface area contributed by atoms with Crippen molar-refractivity contribution in [3.63, 3.8) is 0 Å². The summed E-state index contributed by atoms with van der Waals surface area (Å²) in [6, 6.07) is 2.59. The molecule has 0 aromatic carbocycles. The second kappa shape index (κ2) is 5.85. The Bertz CT molecular complexity index is 367. The van der Waals surface area contributed by atoms with E-state index in [0.717, 1.165) is 5.69 Å². The lowest BCUT2D eigenvalue weighted by Gasteiger charge is -2.23. The quantitative estimate of drug-likeness (QED) is 0.841. The first-order valence-electron chi connectivity index (χ1n) is 7.07. The lowest BCUT2D eigenvalue weighted by atomic mass is 9.96. The Labute approximate surface area is 109 Å². The van der Waals surface area contributed by atoms with E-state index in [0.29, 0.717) is 25.4 Å². The van der Waals surface area contributed by atoms with Gasteiger partial charge >= 0.3 is 0 Å². The third kappa shape index (κ3) is 3.56. The molecule has 4 heteroatoms. The van der Waals surface area contributed by atoms with Crippen LogP contribution in [0.1, 0.15) is 57.2 Å². The summed E-state index contributed by atoms with van der Waals surface area (Å²) in [7, 11) is 0. The largest absolute Gasteiger partial charge is 0.390 e. The van der Waals surface area contributed by atoms with E-state index in [-0.39, 0.29) is 0 Å². The van der Waals surface area contributed by atoms with E-state index in [4.69, 9.17) is 5.73 Å². The zero-order valence-corrected chi connectivity index (χ0v) is 11.3. The molecule has 1 fully saturated rings. The van der Waals surface area contributed by atoms with Gasteiger partial charge in [0, 0.05) is 12.6 Å². The molecule has 1 aromatic rings. The van der Waals surface area contributed by atoms with Crippen molar-refractivity contribution in [2.45, 2.75) is 63.5 Å². The monoisotopic (exact) mass is 251 g/mol. The van der Waals surface area contributed by atoms with E-state index in [2.05, 4.69) is 16.0 Å².